The number of hydrogen-bond acceptors (Lipinski definition) is 7. The van der Waals surface area contributed by atoms with Crippen LogP contribution in [0.15, 0.2) is 42.0 Å². The summed E-state index contributed by atoms with van der Waals surface area (Å²) in [5.74, 6) is -1.05. The number of ether oxygens (including phenoxy) is 4. The van der Waals surface area contributed by atoms with Crippen LogP contribution in [0, 0.1) is 0 Å². The summed E-state index contributed by atoms with van der Waals surface area (Å²) in [5, 5.41) is 8.58. The minimum absolute atomic E-state index is 0.109. The zero-order valence-electron chi connectivity index (χ0n) is 18.6. The first kappa shape index (κ1) is 26.3. The average Bonchev–Trinajstić information content (AvgIpc) is 2.81. The lowest BCUT2D eigenvalue weighted by molar-refractivity contribution is -0.274. The maximum absolute atomic E-state index is 13.0. The second-order valence-electron chi connectivity index (χ2n) is 6.72. The molecule has 2 N–H and O–H groups in total. The van der Waals surface area contributed by atoms with Crippen LogP contribution >= 0.6 is 0 Å². The van der Waals surface area contributed by atoms with Crippen molar-refractivity contribution in [3.8, 4) is 23.0 Å². The Morgan fingerprint density at radius 2 is 1.59 bits per heavy atom. The molecule has 0 fully saturated rings. The summed E-state index contributed by atoms with van der Waals surface area (Å²) < 4.78 is 57.9. The van der Waals surface area contributed by atoms with Crippen LogP contribution in [0.3, 0.4) is 0 Å². The molecule has 2 aromatic rings. The normalized spacial score (nSPS) is 11.8. The smallest absolute Gasteiger partial charge is 0.493 e. The van der Waals surface area contributed by atoms with Crippen molar-refractivity contribution in [3.63, 3.8) is 0 Å². The molecule has 0 aliphatic carbocycles. The molecule has 0 heterocycles. The van der Waals surface area contributed by atoms with Crippen LogP contribution < -0.4 is 24.4 Å². The van der Waals surface area contributed by atoms with Crippen molar-refractivity contribution in [2.45, 2.75) is 13.3 Å². The van der Waals surface area contributed by atoms with Gasteiger partial charge in [-0.3, -0.25) is 14.8 Å². The van der Waals surface area contributed by atoms with E-state index in [4.69, 9.17) is 19.4 Å². The van der Waals surface area contributed by atoms with Gasteiger partial charge in [-0.2, -0.15) is 0 Å². The van der Waals surface area contributed by atoms with Crippen molar-refractivity contribution >= 4 is 23.8 Å². The molecule has 0 spiro atoms. The second-order valence-corrected chi connectivity index (χ2v) is 6.72. The second kappa shape index (κ2) is 11.2. The van der Waals surface area contributed by atoms with Crippen molar-refractivity contribution < 1.29 is 46.9 Å². The van der Waals surface area contributed by atoms with Crippen LogP contribution in [0.2, 0.25) is 0 Å². The number of hydrogen-bond donors (Lipinski definition) is 2. The number of carbonyl (C=O) groups is 2. The van der Waals surface area contributed by atoms with Gasteiger partial charge in [0.2, 0.25) is 5.75 Å². The molecule has 11 heteroatoms. The number of methoxy groups -OCH3 is 3. The van der Waals surface area contributed by atoms with Gasteiger partial charge in [0.1, 0.15) is 5.75 Å². The van der Waals surface area contributed by atoms with Gasteiger partial charge in [0.05, 0.1) is 21.3 Å². The number of nitrogens with one attached hydrogen (secondary N) is 1. The van der Waals surface area contributed by atoms with Crippen molar-refractivity contribution in [2.24, 2.45) is 0 Å². The minimum atomic E-state index is -4.96. The van der Waals surface area contributed by atoms with Gasteiger partial charge in [0.15, 0.2) is 17.3 Å². The van der Waals surface area contributed by atoms with Gasteiger partial charge in [-0.1, -0.05) is 6.07 Å². The highest BCUT2D eigenvalue weighted by atomic mass is 19.4. The lowest BCUT2D eigenvalue weighted by Crippen LogP contribution is -2.18. The largest absolute Gasteiger partial charge is 0.573 e. The number of allylic oxidation sites excluding steroid dienone is 1. The predicted octanol–water partition coefficient (Wildman–Crippen LogP) is 4.42. The summed E-state index contributed by atoms with van der Waals surface area (Å²) in [6, 6.07) is 6.60. The number of rotatable bonds is 9. The Morgan fingerprint density at radius 3 is 2.09 bits per heavy atom. The highest BCUT2D eigenvalue weighted by molar-refractivity contribution is 6.11. The Bertz CT molecular complexity index is 1100. The molecule has 0 unspecified atom stereocenters. The average molecular weight is 481 g/mol. The topological polar surface area (TPSA) is 103 Å². The fraction of sp³-hybridized carbons (Fsp3) is 0.217. The van der Waals surface area contributed by atoms with Crippen molar-refractivity contribution in [1.82, 2.24) is 5.48 Å². The molecule has 0 bridgehead atoms. The molecular formula is C23H22F3NO7. The monoisotopic (exact) mass is 481 g/mol. The van der Waals surface area contributed by atoms with Crippen LogP contribution in [-0.2, 0) is 4.79 Å². The van der Waals surface area contributed by atoms with E-state index >= 15 is 0 Å². The number of halogens is 3. The van der Waals surface area contributed by atoms with Gasteiger partial charge in [0, 0.05) is 17.2 Å². The number of carbonyl (C=O) groups excluding carboxylic acids is 2. The van der Waals surface area contributed by atoms with Crippen LogP contribution in [0.5, 0.6) is 23.0 Å². The molecule has 182 valence electrons. The molecule has 34 heavy (non-hydrogen) atoms. The van der Waals surface area contributed by atoms with E-state index in [1.165, 1.54) is 64.1 Å². The lowest BCUT2D eigenvalue weighted by atomic mass is 10.00. The molecule has 8 nitrogen and oxygen atoms in total. The highest BCUT2D eigenvalue weighted by Gasteiger charge is 2.32. The maximum Gasteiger partial charge on any atom is 0.573 e. The molecule has 2 aromatic carbocycles. The molecule has 0 atom stereocenters. The van der Waals surface area contributed by atoms with E-state index in [1.54, 1.807) is 0 Å². The number of Topliss-reactive ketones (excluding diaryl/α,β-unsaturated/α-hetero) is 1. The Kier molecular flexibility index (Phi) is 8.68. The zero-order valence-corrected chi connectivity index (χ0v) is 18.6. The van der Waals surface area contributed by atoms with E-state index in [-0.39, 0.29) is 28.2 Å². The van der Waals surface area contributed by atoms with E-state index < -0.39 is 23.8 Å². The van der Waals surface area contributed by atoms with Gasteiger partial charge in [-0.15, -0.1) is 13.2 Å². The number of ketones is 1. The summed E-state index contributed by atoms with van der Waals surface area (Å²) in [5.41, 5.74) is 2.07. The highest BCUT2D eigenvalue weighted by Crippen LogP contribution is 2.39. The molecular weight excluding hydrogens is 459 g/mol. The third-order valence-electron chi connectivity index (χ3n) is 4.45. The van der Waals surface area contributed by atoms with E-state index in [9.17, 15) is 22.8 Å². The van der Waals surface area contributed by atoms with Gasteiger partial charge in [-0.25, -0.2) is 5.48 Å². The molecule has 0 saturated heterocycles. The van der Waals surface area contributed by atoms with E-state index in [2.05, 4.69) is 4.74 Å². The molecule has 1 amide bonds. The van der Waals surface area contributed by atoms with Gasteiger partial charge < -0.3 is 18.9 Å². The molecule has 2 rings (SSSR count). The fourth-order valence-electron chi connectivity index (χ4n) is 2.96. The number of hydroxylamine groups is 1. The van der Waals surface area contributed by atoms with Crippen molar-refractivity contribution in [2.75, 3.05) is 21.3 Å². The number of alkyl halides is 3. The lowest BCUT2D eigenvalue weighted by Gasteiger charge is -2.14. The standard InChI is InChI=1S/C23H22F3NO7/c1-13(21(29)16-11-18(31-2)22(33-4)19(12-16)32-3)9-14-5-7-17(34-23(24,25)26)15(10-14)6-8-20(28)27-30/h5-12,30H,1-4H3,(H,27,28). The summed E-state index contributed by atoms with van der Waals surface area (Å²) in [4.78, 5) is 24.2. The maximum atomic E-state index is 13.0. The third-order valence-corrected chi connectivity index (χ3v) is 4.45. The van der Waals surface area contributed by atoms with E-state index in [1.807, 2.05) is 0 Å². The minimum Gasteiger partial charge on any atom is -0.493 e. The fourth-order valence-corrected chi connectivity index (χ4v) is 2.96. The van der Waals surface area contributed by atoms with E-state index in [0.717, 1.165) is 18.2 Å². The summed E-state index contributed by atoms with van der Waals surface area (Å²) in [6.45, 7) is 1.53. The van der Waals surface area contributed by atoms with Crippen LogP contribution in [0.25, 0.3) is 12.2 Å². The summed E-state index contributed by atoms with van der Waals surface area (Å²) >= 11 is 0. The van der Waals surface area contributed by atoms with Crippen molar-refractivity contribution in [3.05, 3.63) is 58.7 Å². The van der Waals surface area contributed by atoms with E-state index in [0.29, 0.717) is 11.3 Å². The molecule has 0 aromatic heterocycles. The van der Waals surface area contributed by atoms with Gasteiger partial charge in [-0.05, 0) is 54.5 Å². The molecule has 0 saturated carbocycles. The SMILES string of the molecule is COc1cc(C(=O)C(C)=Cc2ccc(OC(F)(F)F)c(C=CC(=O)NO)c2)cc(OC)c1OC. The third kappa shape index (κ3) is 6.75. The Morgan fingerprint density at radius 1 is 0.971 bits per heavy atom. The van der Waals surface area contributed by atoms with Crippen LogP contribution in [-0.4, -0.2) is 44.6 Å². The van der Waals surface area contributed by atoms with Crippen molar-refractivity contribution in [1.29, 1.82) is 0 Å². The summed E-state index contributed by atoms with van der Waals surface area (Å²) in [6.07, 6.45) is -1.66. The predicted molar refractivity (Wildman–Crippen MR) is 116 cm³/mol. The molecule has 0 aliphatic heterocycles. The van der Waals surface area contributed by atoms with Crippen LogP contribution in [0.4, 0.5) is 13.2 Å². The Labute approximate surface area is 193 Å². The quantitative estimate of drug-likeness (QED) is 0.237. The zero-order chi connectivity index (χ0) is 25.5. The first-order chi connectivity index (χ1) is 16.0. The molecule has 0 aliphatic rings. The summed E-state index contributed by atoms with van der Waals surface area (Å²) in [7, 11) is 4.24. The van der Waals surface area contributed by atoms with Crippen LogP contribution in [0.1, 0.15) is 28.4 Å². The first-order valence-corrected chi connectivity index (χ1v) is 9.57. The number of benzene rings is 2. The number of amides is 1. The Balaban J connectivity index is 2.46. The van der Waals surface area contributed by atoms with Gasteiger partial charge in [0.25, 0.3) is 5.91 Å². The Hall–Kier alpha value is -3.99. The van der Waals surface area contributed by atoms with Gasteiger partial charge >= 0.3 is 6.36 Å². The first-order valence-electron chi connectivity index (χ1n) is 9.57. The molecule has 0 radical (unpaired) electrons.